The number of amides is 1. The number of alkyl carbamates (subject to hydrolysis) is 1. The number of carbonyl (C=O) groups excluding carboxylic acids is 1. The Kier molecular flexibility index (Phi) is 4.32. The minimum atomic E-state index is -0.456. The number of hydrogen-bond acceptors (Lipinski definition) is 4. The summed E-state index contributed by atoms with van der Waals surface area (Å²) in [6, 6.07) is 3.93. The van der Waals surface area contributed by atoms with Crippen LogP contribution in [-0.4, -0.2) is 11.7 Å². The topological polar surface area (TPSA) is 64.3 Å². The molecule has 0 aliphatic carbocycles. The van der Waals surface area contributed by atoms with Crippen LogP contribution in [0.1, 0.15) is 30.5 Å². The molecule has 0 fully saturated rings. The highest BCUT2D eigenvalue weighted by Crippen LogP contribution is 2.15. The van der Waals surface area contributed by atoms with Crippen LogP contribution in [0.4, 0.5) is 4.79 Å². The maximum absolute atomic E-state index is 11.4. The van der Waals surface area contributed by atoms with Crippen LogP contribution in [0.25, 0.3) is 0 Å². The number of nitrogens with two attached hydrogens (primary N) is 1. The second-order valence-electron chi connectivity index (χ2n) is 4.43. The lowest BCUT2D eigenvalue weighted by molar-refractivity contribution is 0.0524. The number of ether oxygens (including phenoxy) is 1. The van der Waals surface area contributed by atoms with Gasteiger partial charge in [-0.2, -0.15) is 0 Å². The average Bonchev–Trinajstić information content (AvgIpc) is 2.59. The predicted molar refractivity (Wildman–Crippen MR) is 65.3 cm³/mol. The van der Waals surface area contributed by atoms with E-state index in [9.17, 15) is 4.79 Å². The van der Waals surface area contributed by atoms with Crippen molar-refractivity contribution in [1.82, 2.24) is 5.32 Å². The van der Waals surface area contributed by atoms with E-state index in [2.05, 4.69) is 5.32 Å². The number of thiophene rings is 1. The van der Waals surface area contributed by atoms with Crippen molar-refractivity contribution in [2.24, 2.45) is 5.73 Å². The molecule has 3 N–H and O–H groups in total. The van der Waals surface area contributed by atoms with E-state index in [1.54, 1.807) is 11.3 Å². The zero-order valence-electron chi connectivity index (χ0n) is 9.87. The quantitative estimate of drug-likeness (QED) is 0.854. The number of hydrogen-bond donors (Lipinski definition) is 2. The molecule has 0 spiro atoms. The summed E-state index contributed by atoms with van der Waals surface area (Å²) in [5.74, 6) is 0. The molecule has 0 saturated carbocycles. The fourth-order valence-electron chi connectivity index (χ4n) is 1.10. The first-order valence-corrected chi connectivity index (χ1v) is 5.97. The number of carbonyl (C=O) groups is 1. The van der Waals surface area contributed by atoms with Gasteiger partial charge in [0.25, 0.3) is 0 Å². The highest BCUT2D eigenvalue weighted by molar-refractivity contribution is 7.11. The lowest BCUT2D eigenvalue weighted by atomic mass is 10.2. The fraction of sp³-hybridized carbons (Fsp3) is 0.545. The van der Waals surface area contributed by atoms with Crippen LogP contribution in [0.15, 0.2) is 12.1 Å². The molecule has 1 amide bonds. The van der Waals surface area contributed by atoms with Crippen LogP contribution in [0.5, 0.6) is 0 Å². The first-order valence-electron chi connectivity index (χ1n) is 5.15. The SMILES string of the molecule is CC(C)(C)OC(=O)NCc1ccc(CN)s1. The van der Waals surface area contributed by atoms with E-state index in [0.29, 0.717) is 13.1 Å². The Balaban J connectivity index is 2.37. The standard InChI is InChI=1S/C11H18N2O2S/c1-11(2,3)15-10(14)13-7-9-5-4-8(6-12)16-9/h4-5H,6-7,12H2,1-3H3,(H,13,14). The Labute approximate surface area is 99.8 Å². The lowest BCUT2D eigenvalue weighted by Gasteiger charge is -2.19. The third-order valence-electron chi connectivity index (χ3n) is 1.72. The van der Waals surface area contributed by atoms with Crippen molar-refractivity contribution in [2.75, 3.05) is 0 Å². The second kappa shape index (κ2) is 5.32. The van der Waals surface area contributed by atoms with Gasteiger partial charge in [-0.25, -0.2) is 4.79 Å². The molecular formula is C11H18N2O2S. The maximum Gasteiger partial charge on any atom is 0.407 e. The molecule has 1 aromatic rings. The molecule has 16 heavy (non-hydrogen) atoms. The lowest BCUT2D eigenvalue weighted by Crippen LogP contribution is -2.31. The molecule has 90 valence electrons. The molecular weight excluding hydrogens is 224 g/mol. The van der Waals surface area contributed by atoms with Crippen molar-refractivity contribution in [1.29, 1.82) is 0 Å². The maximum atomic E-state index is 11.4. The molecule has 0 saturated heterocycles. The predicted octanol–water partition coefficient (Wildman–Crippen LogP) is 2.23. The van der Waals surface area contributed by atoms with Crippen LogP contribution in [-0.2, 0) is 17.8 Å². The molecule has 0 aliphatic rings. The summed E-state index contributed by atoms with van der Waals surface area (Å²) in [5, 5.41) is 2.70. The van der Waals surface area contributed by atoms with E-state index >= 15 is 0 Å². The van der Waals surface area contributed by atoms with Crippen molar-refractivity contribution in [3.8, 4) is 0 Å². The smallest absolute Gasteiger partial charge is 0.407 e. The van der Waals surface area contributed by atoms with Crippen LogP contribution >= 0.6 is 11.3 Å². The van der Waals surface area contributed by atoms with Gasteiger partial charge in [0.05, 0.1) is 6.54 Å². The van der Waals surface area contributed by atoms with Gasteiger partial charge in [-0.05, 0) is 32.9 Å². The molecule has 1 aromatic heterocycles. The largest absolute Gasteiger partial charge is 0.444 e. The Morgan fingerprint density at radius 3 is 2.56 bits per heavy atom. The van der Waals surface area contributed by atoms with Crippen molar-refractivity contribution in [3.05, 3.63) is 21.9 Å². The Hall–Kier alpha value is -1.07. The normalized spacial score (nSPS) is 11.2. The van der Waals surface area contributed by atoms with E-state index in [1.807, 2.05) is 32.9 Å². The van der Waals surface area contributed by atoms with Crippen molar-refractivity contribution < 1.29 is 9.53 Å². The summed E-state index contributed by atoms with van der Waals surface area (Å²) in [6.07, 6.45) is -0.393. The Morgan fingerprint density at radius 1 is 1.44 bits per heavy atom. The van der Waals surface area contributed by atoms with Crippen molar-refractivity contribution >= 4 is 17.4 Å². The van der Waals surface area contributed by atoms with E-state index in [0.717, 1.165) is 9.75 Å². The van der Waals surface area contributed by atoms with Gasteiger partial charge >= 0.3 is 6.09 Å². The third kappa shape index (κ3) is 4.63. The van der Waals surface area contributed by atoms with Gasteiger partial charge < -0.3 is 15.8 Å². The van der Waals surface area contributed by atoms with E-state index < -0.39 is 11.7 Å². The molecule has 1 heterocycles. The molecule has 5 heteroatoms. The summed E-state index contributed by atoms with van der Waals surface area (Å²) in [7, 11) is 0. The molecule has 4 nitrogen and oxygen atoms in total. The van der Waals surface area contributed by atoms with Crippen LogP contribution < -0.4 is 11.1 Å². The number of rotatable bonds is 3. The van der Waals surface area contributed by atoms with Gasteiger partial charge in [-0.3, -0.25) is 0 Å². The van der Waals surface area contributed by atoms with Gasteiger partial charge in [0.2, 0.25) is 0 Å². The van der Waals surface area contributed by atoms with E-state index in [1.165, 1.54) is 0 Å². The minimum Gasteiger partial charge on any atom is -0.444 e. The van der Waals surface area contributed by atoms with Crippen molar-refractivity contribution in [3.63, 3.8) is 0 Å². The first kappa shape index (κ1) is 13.0. The molecule has 0 unspecified atom stereocenters. The summed E-state index contributed by atoms with van der Waals surface area (Å²) in [6.45, 7) is 6.54. The van der Waals surface area contributed by atoms with Gasteiger partial charge in [-0.15, -0.1) is 11.3 Å². The van der Waals surface area contributed by atoms with Gasteiger partial charge in [0.15, 0.2) is 0 Å². The zero-order chi connectivity index (χ0) is 12.2. The monoisotopic (exact) mass is 242 g/mol. The van der Waals surface area contributed by atoms with Gasteiger partial charge in [-0.1, -0.05) is 0 Å². The van der Waals surface area contributed by atoms with Crippen LogP contribution in [0.3, 0.4) is 0 Å². The molecule has 0 atom stereocenters. The van der Waals surface area contributed by atoms with Crippen LogP contribution in [0, 0.1) is 0 Å². The third-order valence-corrected chi connectivity index (χ3v) is 2.83. The molecule has 0 radical (unpaired) electrons. The van der Waals surface area contributed by atoms with E-state index in [4.69, 9.17) is 10.5 Å². The van der Waals surface area contributed by atoms with E-state index in [-0.39, 0.29) is 0 Å². The minimum absolute atomic E-state index is 0.393. The molecule has 0 aliphatic heterocycles. The Bertz CT molecular complexity index is 355. The first-order chi connectivity index (χ1) is 7.40. The molecule has 0 aromatic carbocycles. The highest BCUT2D eigenvalue weighted by atomic mass is 32.1. The van der Waals surface area contributed by atoms with Crippen molar-refractivity contribution in [2.45, 2.75) is 39.5 Å². The second-order valence-corrected chi connectivity index (χ2v) is 5.68. The summed E-state index contributed by atoms with van der Waals surface area (Å²) < 4.78 is 5.12. The summed E-state index contributed by atoms with van der Waals surface area (Å²) >= 11 is 1.60. The van der Waals surface area contributed by atoms with Gasteiger partial charge in [0, 0.05) is 16.3 Å². The summed E-state index contributed by atoms with van der Waals surface area (Å²) in [4.78, 5) is 13.5. The molecule has 1 rings (SSSR count). The Morgan fingerprint density at radius 2 is 2.06 bits per heavy atom. The van der Waals surface area contributed by atoms with Crippen LogP contribution in [0.2, 0.25) is 0 Å². The number of nitrogens with one attached hydrogen (secondary N) is 1. The molecule has 0 bridgehead atoms. The van der Waals surface area contributed by atoms with Gasteiger partial charge in [0.1, 0.15) is 5.60 Å². The highest BCUT2D eigenvalue weighted by Gasteiger charge is 2.15. The fourth-order valence-corrected chi connectivity index (χ4v) is 1.94. The zero-order valence-corrected chi connectivity index (χ0v) is 10.7. The summed E-state index contributed by atoms with van der Waals surface area (Å²) in [5.41, 5.74) is 5.04. The average molecular weight is 242 g/mol.